The van der Waals surface area contributed by atoms with Crippen molar-refractivity contribution in [2.24, 2.45) is 0 Å². The first-order valence-electron chi connectivity index (χ1n) is 4.88. The number of benzene rings is 1. The minimum absolute atomic E-state index is 0.218. The van der Waals surface area contributed by atoms with E-state index in [2.05, 4.69) is 0 Å². The fourth-order valence-electron chi connectivity index (χ4n) is 1.25. The molecule has 0 bridgehead atoms. The summed E-state index contributed by atoms with van der Waals surface area (Å²) in [5.41, 5.74) is -0.930. The summed E-state index contributed by atoms with van der Waals surface area (Å²) in [6, 6.07) is 1.37. The van der Waals surface area contributed by atoms with Gasteiger partial charge in [0, 0.05) is 24.3 Å². The number of hydrogen-bond donors (Lipinski definition) is 0. The Hall–Kier alpha value is -1.21. The maximum atomic E-state index is 13.8. The van der Waals surface area contributed by atoms with E-state index in [4.69, 9.17) is 10.7 Å². The molecular formula is C10H10ClF2NO3S. The fourth-order valence-corrected chi connectivity index (χ4v) is 2.16. The molecule has 0 aliphatic carbocycles. The van der Waals surface area contributed by atoms with E-state index < -0.39 is 37.1 Å². The average Bonchev–Trinajstić information content (AvgIpc) is 2.25. The number of halogens is 3. The number of amides is 1. The number of rotatable bonds is 3. The van der Waals surface area contributed by atoms with Gasteiger partial charge in [0.1, 0.15) is 16.3 Å². The first-order chi connectivity index (χ1) is 8.20. The molecule has 0 saturated carbocycles. The molecular weight excluding hydrogens is 288 g/mol. The molecule has 1 aromatic rings. The van der Waals surface area contributed by atoms with Crippen molar-refractivity contribution in [3.8, 4) is 0 Å². The average molecular weight is 298 g/mol. The third kappa shape index (κ3) is 2.78. The molecule has 0 aliphatic rings. The summed E-state index contributed by atoms with van der Waals surface area (Å²) in [7, 11) is 1.95. The Balaban J connectivity index is 3.50. The minimum Gasteiger partial charge on any atom is -0.342 e. The maximum absolute atomic E-state index is 13.8. The molecule has 0 unspecified atom stereocenters. The van der Waals surface area contributed by atoms with E-state index in [-0.39, 0.29) is 6.54 Å². The Kier molecular flexibility index (Phi) is 4.28. The van der Waals surface area contributed by atoms with E-state index in [9.17, 15) is 22.0 Å². The van der Waals surface area contributed by atoms with E-state index in [1.807, 2.05) is 0 Å². The second-order valence-corrected chi connectivity index (χ2v) is 6.03. The van der Waals surface area contributed by atoms with Crippen LogP contribution < -0.4 is 0 Å². The zero-order valence-corrected chi connectivity index (χ0v) is 11.1. The van der Waals surface area contributed by atoms with Crippen LogP contribution in [0.2, 0.25) is 0 Å². The van der Waals surface area contributed by atoms with Crippen LogP contribution in [-0.4, -0.2) is 32.8 Å². The Morgan fingerprint density at radius 2 is 1.94 bits per heavy atom. The van der Waals surface area contributed by atoms with Crippen molar-refractivity contribution in [3.05, 3.63) is 29.3 Å². The smallest absolute Gasteiger partial charge is 0.264 e. The fraction of sp³-hybridized carbons (Fsp3) is 0.300. The number of nitrogens with zero attached hydrogens (tertiary/aromatic N) is 1. The standard InChI is InChI=1S/C10H10ClF2NO3S/c1-3-14(2)10(15)8-6(12)4-5-7(9(8)13)18(11,16)17/h4-5H,3H2,1-2H3. The van der Waals surface area contributed by atoms with Gasteiger partial charge in [0.05, 0.1) is 0 Å². The Bertz CT molecular complexity index is 589. The monoisotopic (exact) mass is 297 g/mol. The SMILES string of the molecule is CCN(C)C(=O)c1c(F)ccc(S(=O)(=O)Cl)c1F. The second kappa shape index (κ2) is 5.19. The molecule has 0 fully saturated rings. The highest BCUT2D eigenvalue weighted by Crippen LogP contribution is 2.24. The van der Waals surface area contributed by atoms with Gasteiger partial charge in [-0.1, -0.05) is 0 Å². The molecule has 100 valence electrons. The first-order valence-corrected chi connectivity index (χ1v) is 7.19. The van der Waals surface area contributed by atoms with Crippen molar-refractivity contribution < 1.29 is 22.0 Å². The van der Waals surface area contributed by atoms with Crippen molar-refractivity contribution >= 4 is 25.6 Å². The minimum atomic E-state index is -4.38. The van der Waals surface area contributed by atoms with Crippen molar-refractivity contribution in [2.75, 3.05) is 13.6 Å². The summed E-state index contributed by atoms with van der Waals surface area (Å²) >= 11 is 0. The van der Waals surface area contributed by atoms with Crippen LogP contribution >= 0.6 is 10.7 Å². The van der Waals surface area contributed by atoms with Crippen molar-refractivity contribution in [3.63, 3.8) is 0 Å². The molecule has 0 aromatic heterocycles. The molecule has 1 amide bonds. The molecule has 18 heavy (non-hydrogen) atoms. The molecule has 0 saturated heterocycles. The summed E-state index contributed by atoms with van der Waals surface area (Å²) in [5, 5.41) is 0. The molecule has 0 radical (unpaired) electrons. The Morgan fingerprint density at radius 1 is 1.39 bits per heavy atom. The third-order valence-electron chi connectivity index (χ3n) is 2.35. The van der Waals surface area contributed by atoms with Crippen molar-refractivity contribution in [2.45, 2.75) is 11.8 Å². The lowest BCUT2D eigenvalue weighted by molar-refractivity contribution is 0.0792. The van der Waals surface area contributed by atoms with E-state index in [1.54, 1.807) is 6.92 Å². The highest BCUT2D eigenvalue weighted by molar-refractivity contribution is 8.13. The lowest BCUT2D eigenvalue weighted by atomic mass is 10.1. The highest BCUT2D eigenvalue weighted by Gasteiger charge is 2.27. The largest absolute Gasteiger partial charge is 0.342 e. The molecule has 0 aliphatic heterocycles. The van der Waals surface area contributed by atoms with E-state index in [1.165, 1.54) is 7.05 Å². The molecule has 8 heteroatoms. The van der Waals surface area contributed by atoms with Gasteiger partial charge in [-0.2, -0.15) is 0 Å². The van der Waals surface area contributed by atoms with Crippen molar-refractivity contribution in [1.82, 2.24) is 4.90 Å². The quantitative estimate of drug-likeness (QED) is 0.802. The predicted octanol–water partition coefficient (Wildman–Crippen LogP) is 1.98. The van der Waals surface area contributed by atoms with Gasteiger partial charge >= 0.3 is 0 Å². The highest BCUT2D eigenvalue weighted by atomic mass is 35.7. The molecule has 4 nitrogen and oxygen atoms in total. The molecule has 0 N–H and O–H groups in total. The zero-order chi connectivity index (χ0) is 14.1. The van der Waals surface area contributed by atoms with Crippen LogP contribution in [0.25, 0.3) is 0 Å². The predicted molar refractivity (Wildman–Crippen MR) is 62.0 cm³/mol. The van der Waals surface area contributed by atoms with Crippen molar-refractivity contribution in [1.29, 1.82) is 0 Å². The lowest BCUT2D eigenvalue weighted by Gasteiger charge is -2.16. The first kappa shape index (κ1) is 14.8. The van der Waals surface area contributed by atoms with Crippen LogP contribution in [0.1, 0.15) is 17.3 Å². The van der Waals surface area contributed by atoms with Crippen LogP contribution in [-0.2, 0) is 9.05 Å². The molecule has 0 atom stereocenters. The molecule has 0 heterocycles. The van der Waals surface area contributed by atoms with Crippen LogP contribution in [0.3, 0.4) is 0 Å². The van der Waals surface area contributed by atoms with Gasteiger partial charge in [-0.15, -0.1) is 0 Å². The molecule has 1 rings (SSSR count). The van der Waals surface area contributed by atoms with Gasteiger partial charge in [-0.3, -0.25) is 4.79 Å². The Labute approximate surface area is 108 Å². The molecule has 1 aromatic carbocycles. The summed E-state index contributed by atoms with van der Waals surface area (Å²) in [6.45, 7) is 1.82. The maximum Gasteiger partial charge on any atom is 0.264 e. The normalized spacial score (nSPS) is 11.4. The lowest BCUT2D eigenvalue weighted by Crippen LogP contribution is -2.28. The second-order valence-electron chi connectivity index (χ2n) is 3.49. The van der Waals surface area contributed by atoms with Crippen LogP contribution in [0, 0.1) is 11.6 Å². The third-order valence-corrected chi connectivity index (χ3v) is 3.69. The van der Waals surface area contributed by atoms with Gasteiger partial charge in [-0.05, 0) is 19.1 Å². The van der Waals surface area contributed by atoms with E-state index >= 15 is 0 Å². The topological polar surface area (TPSA) is 54.5 Å². The summed E-state index contributed by atoms with van der Waals surface area (Å²) < 4.78 is 49.4. The molecule has 0 spiro atoms. The van der Waals surface area contributed by atoms with E-state index in [0.29, 0.717) is 12.1 Å². The summed E-state index contributed by atoms with van der Waals surface area (Å²) in [5.74, 6) is -3.56. The Morgan fingerprint density at radius 3 is 2.39 bits per heavy atom. The van der Waals surface area contributed by atoms with Gasteiger partial charge in [0.15, 0.2) is 5.82 Å². The number of hydrogen-bond acceptors (Lipinski definition) is 3. The van der Waals surface area contributed by atoms with E-state index in [0.717, 1.165) is 4.90 Å². The van der Waals surface area contributed by atoms with Crippen LogP contribution in [0.5, 0.6) is 0 Å². The van der Waals surface area contributed by atoms with Gasteiger partial charge < -0.3 is 4.90 Å². The summed E-state index contributed by atoms with van der Waals surface area (Å²) in [6.07, 6.45) is 0. The van der Waals surface area contributed by atoms with Crippen LogP contribution in [0.15, 0.2) is 17.0 Å². The number of carbonyl (C=O) groups excluding carboxylic acids is 1. The van der Waals surface area contributed by atoms with Gasteiger partial charge in [0.25, 0.3) is 15.0 Å². The number of carbonyl (C=O) groups is 1. The summed E-state index contributed by atoms with van der Waals surface area (Å²) in [4.78, 5) is 11.8. The zero-order valence-electron chi connectivity index (χ0n) is 9.58. The van der Waals surface area contributed by atoms with Gasteiger partial charge in [0.2, 0.25) is 0 Å². The van der Waals surface area contributed by atoms with Crippen LogP contribution in [0.4, 0.5) is 8.78 Å². The van der Waals surface area contributed by atoms with Gasteiger partial charge in [-0.25, -0.2) is 17.2 Å².